The molecule has 1 atom stereocenters. The molecule has 0 radical (unpaired) electrons. The minimum absolute atomic E-state index is 0.141. The second kappa shape index (κ2) is 8.19. The number of benzene rings is 1. The van der Waals surface area contributed by atoms with Gasteiger partial charge in [0.25, 0.3) is 0 Å². The number of carbonyl (C=O) groups is 3. The fraction of sp³-hybridized carbons (Fsp3) is 0.368. The van der Waals surface area contributed by atoms with E-state index in [4.69, 9.17) is 23.2 Å². The van der Waals surface area contributed by atoms with E-state index in [1.165, 1.54) is 11.3 Å². The van der Waals surface area contributed by atoms with Crippen molar-refractivity contribution in [3.05, 3.63) is 49.9 Å². The fourth-order valence-electron chi connectivity index (χ4n) is 3.08. The smallest absolute Gasteiger partial charge is 0.234 e. The van der Waals surface area contributed by atoms with Crippen LogP contribution in [0, 0.1) is 0 Å². The summed E-state index contributed by atoms with van der Waals surface area (Å²) in [5.74, 6) is -1.39. The predicted molar refractivity (Wildman–Crippen MR) is 109 cm³/mol. The van der Waals surface area contributed by atoms with Crippen LogP contribution in [0.5, 0.6) is 0 Å². The fourth-order valence-corrected chi connectivity index (χ4v) is 4.62. The number of halogens is 2. The van der Waals surface area contributed by atoms with E-state index in [1.807, 2.05) is 13.8 Å². The summed E-state index contributed by atoms with van der Waals surface area (Å²) >= 11 is 14.2. The van der Waals surface area contributed by atoms with Gasteiger partial charge in [-0.3, -0.25) is 24.7 Å². The molecule has 1 unspecified atom stereocenters. The molecule has 1 saturated heterocycles. The van der Waals surface area contributed by atoms with E-state index in [1.54, 1.807) is 23.8 Å². The largest absolute Gasteiger partial charge is 0.351 e. The van der Waals surface area contributed by atoms with Crippen molar-refractivity contribution in [3.8, 4) is 0 Å². The number of carbonyl (C=O) groups excluding carboxylic acids is 3. The average Bonchev–Trinajstić information content (AvgIpc) is 3.16. The molecule has 0 spiro atoms. The lowest BCUT2D eigenvalue weighted by Gasteiger charge is -2.24. The van der Waals surface area contributed by atoms with Gasteiger partial charge in [-0.15, -0.1) is 11.3 Å². The van der Waals surface area contributed by atoms with Gasteiger partial charge in [-0.2, -0.15) is 0 Å². The zero-order valence-corrected chi connectivity index (χ0v) is 17.7. The number of thiazole rings is 1. The topological polar surface area (TPSA) is 88.2 Å². The van der Waals surface area contributed by atoms with Crippen LogP contribution in [-0.4, -0.2) is 22.7 Å². The Hall–Kier alpha value is -1.96. The van der Waals surface area contributed by atoms with Crippen LogP contribution >= 0.6 is 34.5 Å². The summed E-state index contributed by atoms with van der Waals surface area (Å²) in [6.07, 6.45) is 2.30. The molecule has 2 heterocycles. The van der Waals surface area contributed by atoms with E-state index >= 15 is 0 Å². The van der Waals surface area contributed by atoms with Gasteiger partial charge < -0.3 is 5.32 Å². The number of piperidine rings is 1. The van der Waals surface area contributed by atoms with Crippen LogP contribution in [0.25, 0.3) is 0 Å². The van der Waals surface area contributed by atoms with Gasteiger partial charge in [-0.1, -0.05) is 23.2 Å². The van der Waals surface area contributed by atoms with Crippen molar-refractivity contribution in [1.29, 1.82) is 0 Å². The Kier molecular flexibility index (Phi) is 6.07. The molecule has 6 nitrogen and oxygen atoms in total. The van der Waals surface area contributed by atoms with E-state index in [0.717, 1.165) is 10.4 Å². The van der Waals surface area contributed by atoms with Gasteiger partial charge in [0.15, 0.2) is 0 Å². The zero-order valence-electron chi connectivity index (χ0n) is 15.3. The number of nitrogens with zero attached hydrogens (tertiary/aromatic N) is 1. The van der Waals surface area contributed by atoms with E-state index in [9.17, 15) is 14.4 Å². The molecule has 148 valence electrons. The highest BCUT2D eigenvalue weighted by atomic mass is 35.5. The van der Waals surface area contributed by atoms with Crippen molar-refractivity contribution in [2.24, 2.45) is 0 Å². The first-order chi connectivity index (χ1) is 13.2. The van der Waals surface area contributed by atoms with Crippen LogP contribution in [0.4, 0.5) is 0 Å². The van der Waals surface area contributed by atoms with E-state index < -0.39 is 17.2 Å². The summed E-state index contributed by atoms with van der Waals surface area (Å²) in [7, 11) is 0. The summed E-state index contributed by atoms with van der Waals surface area (Å²) < 4.78 is 0. The summed E-state index contributed by atoms with van der Waals surface area (Å²) in [4.78, 5) is 41.0. The Balaban J connectivity index is 1.73. The molecule has 3 rings (SSSR count). The quantitative estimate of drug-likeness (QED) is 0.696. The minimum Gasteiger partial charge on any atom is -0.351 e. The number of aromatic nitrogens is 1. The highest BCUT2D eigenvalue weighted by molar-refractivity contribution is 7.09. The lowest BCUT2D eigenvalue weighted by molar-refractivity contribution is -0.134. The van der Waals surface area contributed by atoms with Crippen molar-refractivity contribution < 1.29 is 14.4 Å². The Labute approximate surface area is 176 Å². The second-order valence-corrected chi connectivity index (χ2v) is 8.85. The molecule has 1 aromatic carbocycles. The number of imide groups is 1. The number of rotatable bonds is 5. The van der Waals surface area contributed by atoms with Crippen molar-refractivity contribution in [1.82, 2.24) is 15.6 Å². The maximum absolute atomic E-state index is 12.6. The molecule has 1 aliphatic heterocycles. The summed E-state index contributed by atoms with van der Waals surface area (Å²) in [6, 6.07) is 3.37. The number of nitrogens with one attached hydrogen (secondary N) is 2. The highest BCUT2D eigenvalue weighted by Gasteiger charge is 2.32. The van der Waals surface area contributed by atoms with Gasteiger partial charge in [0, 0.05) is 39.6 Å². The number of hydrogen-bond donors (Lipinski definition) is 2. The minimum atomic E-state index is -0.707. The van der Waals surface area contributed by atoms with Crippen molar-refractivity contribution >= 4 is 52.3 Å². The van der Waals surface area contributed by atoms with Gasteiger partial charge in [0.1, 0.15) is 0 Å². The molecule has 28 heavy (non-hydrogen) atoms. The van der Waals surface area contributed by atoms with Crippen molar-refractivity contribution in [2.75, 3.05) is 0 Å². The molecule has 1 aliphatic rings. The van der Waals surface area contributed by atoms with Crippen LogP contribution in [0.1, 0.15) is 48.6 Å². The van der Waals surface area contributed by atoms with Crippen LogP contribution < -0.4 is 10.6 Å². The first kappa shape index (κ1) is 20.8. The summed E-state index contributed by atoms with van der Waals surface area (Å²) in [6.45, 7) is 3.92. The molecule has 3 amide bonds. The maximum Gasteiger partial charge on any atom is 0.234 e. The summed E-state index contributed by atoms with van der Waals surface area (Å²) in [5, 5.41) is 5.89. The molecular weight excluding hydrogens is 421 g/mol. The Morgan fingerprint density at radius 3 is 2.57 bits per heavy atom. The monoisotopic (exact) mass is 439 g/mol. The Bertz CT molecular complexity index is 906. The highest BCUT2D eigenvalue weighted by Crippen LogP contribution is 2.37. The van der Waals surface area contributed by atoms with Gasteiger partial charge in [0.05, 0.1) is 16.8 Å². The maximum atomic E-state index is 12.6. The number of hydrogen-bond acceptors (Lipinski definition) is 5. The van der Waals surface area contributed by atoms with E-state index in [2.05, 4.69) is 15.6 Å². The SMILES string of the molecule is CC(C)(C(=O)NCc1cc(Cl)c(C2CCC(=O)NC2=O)c(Cl)c1)c1cncs1. The van der Waals surface area contributed by atoms with E-state index in [0.29, 0.717) is 22.0 Å². The first-order valence-corrected chi connectivity index (χ1v) is 10.3. The van der Waals surface area contributed by atoms with Gasteiger partial charge in [-0.05, 0) is 38.0 Å². The summed E-state index contributed by atoms with van der Waals surface area (Å²) in [5.41, 5.74) is 2.21. The lowest BCUT2D eigenvalue weighted by atomic mass is 9.89. The molecule has 0 bridgehead atoms. The van der Waals surface area contributed by atoms with Gasteiger partial charge in [-0.25, -0.2) is 0 Å². The molecule has 2 aromatic rings. The normalized spacial score (nSPS) is 17.4. The number of amides is 3. The third-order valence-electron chi connectivity index (χ3n) is 4.80. The third kappa shape index (κ3) is 4.21. The van der Waals surface area contributed by atoms with E-state index in [-0.39, 0.29) is 24.8 Å². The van der Waals surface area contributed by atoms with Crippen LogP contribution in [-0.2, 0) is 26.3 Å². The molecule has 0 saturated carbocycles. The molecule has 9 heteroatoms. The predicted octanol–water partition coefficient (Wildman–Crippen LogP) is 3.56. The molecule has 0 aliphatic carbocycles. The third-order valence-corrected chi connectivity index (χ3v) is 6.52. The molecule has 1 fully saturated rings. The first-order valence-electron chi connectivity index (χ1n) is 8.69. The Morgan fingerprint density at radius 2 is 2.00 bits per heavy atom. The lowest BCUT2D eigenvalue weighted by Crippen LogP contribution is -2.40. The van der Waals surface area contributed by atoms with Crippen LogP contribution in [0.3, 0.4) is 0 Å². The average molecular weight is 440 g/mol. The van der Waals surface area contributed by atoms with Gasteiger partial charge >= 0.3 is 0 Å². The van der Waals surface area contributed by atoms with Crippen molar-refractivity contribution in [3.63, 3.8) is 0 Å². The van der Waals surface area contributed by atoms with Crippen molar-refractivity contribution in [2.45, 2.75) is 44.6 Å². The Morgan fingerprint density at radius 1 is 1.32 bits per heavy atom. The molecule has 1 aromatic heterocycles. The van der Waals surface area contributed by atoms with Gasteiger partial charge in [0.2, 0.25) is 17.7 Å². The van der Waals surface area contributed by atoms with Crippen LogP contribution in [0.15, 0.2) is 23.8 Å². The van der Waals surface area contributed by atoms with Crippen LogP contribution in [0.2, 0.25) is 10.0 Å². The standard InChI is InChI=1S/C19H19Cl2N3O3S/c1-19(2,14-8-22-9-28-14)18(27)23-7-10-5-12(20)16(13(21)6-10)11-3-4-15(25)24-17(11)26/h5-6,8-9,11H,3-4,7H2,1-2H3,(H,23,27)(H,24,25,26). The zero-order chi connectivity index (χ0) is 20.5. The second-order valence-electron chi connectivity index (χ2n) is 7.15. The molecular formula is C19H19Cl2N3O3S. The molecule has 2 N–H and O–H groups in total.